The van der Waals surface area contributed by atoms with Crippen molar-refractivity contribution in [1.82, 2.24) is 15.2 Å². The molecule has 5 heteroatoms. The van der Waals surface area contributed by atoms with E-state index < -0.39 is 0 Å². The Bertz CT molecular complexity index is 520. The Labute approximate surface area is 138 Å². The number of urea groups is 1. The third-order valence-corrected chi connectivity index (χ3v) is 5.41. The topological polar surface area (TPSA) is 45.2 Å². The Balaban J connectivity index is 2.00. The van der Waals surface area contributed by atoms with Gasteiger partial charge in [-0.3, -0.25) is 0 Å². The monoisotopic (exact) mass is 323 g/mol. The molecule has 2 rings (SSSR count). The van der Waals surface area contributed by atoms with E-state index in [1.807, 2.05) is 11.8 Å². The predicted octanol–water partition coefficient (Wildman–Crippen LogP) is 4.33. The Hall–Kier alpha value is -1.10. The average molecular weight is 324 g/mol. The number of nitrogens with one attached hydrogen (secondary N) is 1. The predicted molar refractivity (Wildman–Crippen MR) is 92.3 cm³/mol. The zero-order chi connectivity index (χ0) is 16.5. The van der Waals surface area contributed by atoms with Gasteiger partial charge in [-0.15, -0.1) is 11.3 Å². The highest BCUT2D eigenvalue weighted by Gasteiger charge is 2.28. The first kappa shape index (κ1) is 17.3. The molecule has 2 amide bonds. The van der Waals surface area contributed by atoms with Crippen LogP contribution < -0.4 is 5.32 Å². The van der Waals surface area contributed by atoms with Crippen LogP contribution in [0.1, 0.15) is 71.1 Å². The number of hydrogen-bond donors (Lipinski definition) is 1. The van der Waals surface area contributed by atoms with E-state index in [0.717, 1.165) is 23.7 Å². The quantitative estimate of drug-likeness (QED) is 0.880. The molecule has 0 saturated carbocycles. The van der Waals surface area contributed by atoms with E-state index in [0.29, 0.717) is 12.0 Å². The van der Waals surface area contributed by atoms with Crippen molar-refractivity contribution in [3.05, 3.63) is 16.1 Å². The van der Waals surface area contributed by atoms with Crippen LogP contribution in [0.25, 0.3) is 0 Å². The number of nitrogens with zero attached hydrogens (tertiary/aromatic N) is 2. The summed E-state index contributed by atoms with van der Waals surface area (Å²) in [7, 11) is 0. The number of carbonyl (C=O) groups excluding carboxylic acids is 1. The Kier molecular flexibility index (Phi) is 5.15. The molecule has 124 valence electrons. The van der Waals surface area contributed by atoms with E-state index >= 15 is 0 Å². The first-order valence-corrected chi connectivity index (χ1v) is 9.09. The van der Waals surface area contributed by atoms with E-state index in [4.69, 9.17) is 4.98 Å². The van der Waals surface area contributed by atoms with Gasteiger partial charge < -0.3 is 10.2 Å². The van der Waals surface area contributed by atoms with Gasteiger partial charge >= 0.3 is 6.03 Å². The van der Waals surface area contributed by atoms with Crippen LogP contribution in [0.4, 0.5) is 4.79 Å². The van der Waals surface area contributed by atoms with Crippen molar-refractivity contribution in [3.8, 4) is 0 Å². The van der Waals surface area contributed by atoms with E-state index in [1.165, 1.54) is 6.42 Å². The number of amides is 2. The summed E-state index contributed by atoms with van der Waals surface area (Å²) >= 11 is 1.63. The fraction of sp³-hybridized carbons (Fsp3) is 0.765. The SMILES string of the molecule is CC1CCC(C)N(C(=O)NC(C)c2nc(C(C)(C)C)cs2)C1. The van der Waals surface area contributed by atoms with Gasteiger partial charge in [-0.25, -0.2) is 9.78 Å². The standard InChI is InChI=1S/C17H29N3OS/c1-11-7-8-12(2)20(9-11)16(21)18-13(3)15-19-14(10-22-15)17(4,5)6/h10-13H,7-9H2,1-6H3,(H,18,21). The van der Waals surface area contributed by atoms with Gasteiger partial charge in [0.2, 0.25) is 0 Å². The highest BCUT2D eigenvalue weighted by molar-refractivity contribution is 7.09. The van der Waals surface area contributed by atoms with Gasteiger partial charge in [0, 0.05) is 23.4 Å². The molecule has 1 fully saturated rings. The molecule has 1 aromatic heterocycles. The summed E-state index contributed by atoms with van der Waals surface area (Å²) < 4.78 is 0. The summed E-state index contributed by atoms with van der Waals surface area (Å²) in [5.41, 5.74) is 1.14. The number of rotatable bonds is 2. The van der Waals surface area contributed by atoms with Crippen molar-refractivity contribution >= 4 is 17.4 Å². The largest absolute Gasteiger partial charge is 0.329 e. The zero-order valence-corrected chi connectivity index (χ0v) is 15.5. The summed E-state index contributed by atoms with van der Waals surface area (Å²) in [6, 6.07) is 0.321. The third kappa shape index (κ3) is 4.00. The second-order valence-electron chi connectivity index (χ2n) is 7.68. The van der Waals surface area contributed by atoms with Crippen LogP contribution >= 0.6 is 11.3 Å². The molecule has 4 nitrogen and oxygen atoms in total. The molecule has 0 bridgehead atoms. The molecule has 1 N–H and O–H groups in total. The Morgan fingerprint density at radius 3 is 2.68 bits per heavy atom. The lowest BCUT2D eigenvalue weighted by molar-refractivity contribution is 0.134. The van der Waals surface area contributed by atoms with Crippen LogP contribution in [0.5, 0.6) is 0 Å². The van der Waals surface area contributed by atoms with Crippen molar-refractivity contribution in [3.63, 3.8) is 0 Å². The van der Waals surface area contributed by atoms with Crippen LogP contribution in [0.15, 0.2) is 5.38 Å². The molecule has 1 aromatic rings. The molecule has 0 aromatic carbocycles. The summed E-state index contributed by atoms with van der Waals surface area (Å²) in [5, 5.41) is 6.20. The lowest BCUT2D eigenvalue weighted by Crippen LogP contribution is -2.50. The Morgan fingerprint density at radius 1 is 1.41 bits per heavy atom. The smallest absolute Gasteiger partial charge is 0.318 e. The second kappa shape index (κ2) is 6.57. The zero-order valence-electron chi connectivity index (χ0n) is 14.6. The second-order valence-corrected chi connectivity index (χ2v) is 8.57. The van der Waals surface area contributed by atoms with Crippen LogP contribution in [0.3, 0.4) is 0 Å². The summed E-state index contributed by atoms with van der Waals surface area (Å²) in [6.07, 6.45) is 2.30. The normalized spacial score (nSPS) is 24.2. The van der Waals surface area contributed by atoms with Gasteiger partial charge in [-0.1, -0.05) is 27.7 Å². The molecule has 0 radical (unpaired) electrons. The first-order valence-electron chi connectivity index (χ1n) is 8.21. The molecule has 22 heavy (non-hydrogen) atoms. The number of piperidine rings is 1. The van der Waals surface area contributed by atoms with Crippen molar-refractivity contribution in [2.45, 2.75) is 71.9 Å². The minimum atomic E-state index is -0.0435. The van der Waals surface area contributed by atoms with Crippen LogP contribution in [0.2, 0.25) is 0 Å². The van der Waals surface area contributed by atoms with E-state index in [-0.39, 0.29) is 17.5 Å². The first-order chi connectivity index (χ1) is 10.2. The minimum Gasteiger partial charge on any atom is -0.329 e. The fourth-order valence-corrected chi connectivity index (χ4v) is 3.79. The maximum Gasteiger partial charge on any atom is 0.318 e. The molecule has 1 saturated heterocycles. The van der Waals surface area contributed by atoms with Crippen LogP contribution in [0, 0.1) is 5.92 Å². The van der Waals surface area contributed by atoms with Crippen molar-refractivity contribution in [2.75, 3.05) is 6.54 Å². The molecule has 0 spiro atoms. The van der Waals surface area contributed by atoms with E-state index in [1.54, 1.807) is 11.3 Å². The minimum absolute atomic E-state index is 0.0408. The summed E-state index contributed by atoms with van der Waals surface area (Å²) in [4.78, 5) is 19.2. The molecule has 2 heterocycles. The van der Waals surface area contributed by atoms with E-state index in [2.05, 4.69) is 45.3 Å². The molecule has 1 aliphatic heterocycles. The molecular formula is C17H29N3OS. The fourth-order valence-electron chi connectivity index (χ4n) is 2.73. The highest BCUT2D eigenvalue weighted by Crippen LogP contribution is 2.27. The van der Waals surface area contributed by atoms with Gasteiger partial charge in [0.15, 0.2) is 0 Å². The van der Waals surface area contributed by atoms with Crippen LogP contribution in [-0.2, 0) is 5.41 Å². The van der Waals surface area contributed by atoms with Gasteiger partial charge in [0.1, 0.15) is 5.01 Å². The van der Waals surface area contributed by atoms with Crippen LogP contribution in [-0.4, -0.2) is 28.5 Å². The molecular weight excluding hydrogens is 294 g/mol. The number of thiazole rings is 1. The summed E-state index contributed by atoms with van der Waals surface area (Å²) in [5.74, 6) is 0.588. The van der Waals surface area contributed by atoms with Gasteiger partial charge in [-0.05, 0) is 32.6 Å². The summed E-state index contributed by atoms with van der Waals surface area (Å²) in [6.45, 7) is 13.7. The van der Waals surface area contributed by atoms with Gasteiger partial charge in [-0.2, -0.15) is 0 Å². The maximum atomic E-state index is 12.5. The van der Waals surface area contributed by atoms with Gasteiger partial charge in [0.05, 0.1) is 11.7 Å². The molecule has 1 aliphatic rings. The van der Waals surface area contributed by atoms with E-state index in [9.17, 15) is 4.79 Å². The number of likely N-dealkylation sites (tertiary alicyclic amines) is 1. The maximum absolute atomic E-state index is 12.5. The van der Waals surface area contributed by atoms with Crippen molar-refractivity contribution in [1.29, 1.82) is 0 Å². The Morgan fingerprint density at radius 2 is 2.09 bits per heavy atom. The molecule has 3 unspecified atom stereocenters. The number of hydrogen-bond acceptors (Lipinski definition) is 3. The number of aromatic nitrogens is 1. The lowest BCUT2D eigenvalue weighted by atomic mass is 9.93. The highest BCUT2D eigenvalue weighted by atomic mass is 32.1. The lowest BCUT2D eigenvalue weighted by Gasteiger charge is -2.37. The number of carbonyl (C=O) groups is 1. The van der Waals surface area contributed by atoms with Gasteiger partial charge in [0.25, 0.3) is 0 Å². The molecule has 3 atom stereocenters. The average Bonchev–Trinajstić information content (AvgIpc) is 2.91. The van der Waals surface area contributed by atoms with Crippen molar-refractivity contribution < 1.29 is 4.79 Å². The van der Waals surface area contributed by atoms with Crippen molar-refractivity contribution in [2.24, 2.45) is 5.92 Å². The molecule has 0 aliphatic carbocycles. The third-order valence-electron chi connectivity index (χ3n) is 4.38.